The van der Waals surface area contributed by atoms with Gasteiger partial charge in [-0.25, -0.2) is 13.6 Å². The summed E-state index contributed by atoms with van der Waals surface area (Å²) in [4.78, 5) is 2.47. The monoisotopic (exact) mass is 299 g/mol. The fraction of sp³-hybridized carbons (Fsp3) is 0.538. The van der Waals surface area contributed by atoms with Crippen molar-refractivity contribution in [3.63, 3.8) is 0 Å². The van der Waals surface area contributed by atoms with Crippen LogP contribution in [0.3, 0.4) is 0 Å². The lowest BCUT2D eigenvalue weighted by Gasteiger charge is -2.32. The molecule has 20 heavy (non-hydrogen) atoms. The minimum Gasteiger partial charge on any atom is -0.382 e. The van der Waals surface area contributed by atoms with Crippen molar-refractivity contribution in [3.05, 3.63) is 24.3 Å². The molecular formula is C13H21N3O3S. The molecule has 6 nitrogen and oxygen atoms in total. The number of nitrogens with zero attached hydrogens (tertiary/aromatic N) is 1. The normalized spacial score (nSPS) is 20.8. The molecule has 0 saturated carbocycles. The Morgan fingerprint density at radius 2 is 2.10 bits per heavy atom. The number of hydrogen-bond donors (Lipinski definition) is 2. The van der Waals surface area contributed by atoms with Gasteiger partial charge in [0.15, 0.2) is 0 Å². The molecule has 0 spiro atoms. The first kappa shape index (κ1) is 15.2. The van der Waals surface area contributed by atoms with Crippen LogP contribution in [0.1, 0.15) is 6.92 Å². The molecule has 0 bridgehead atoms. The van der Waals surface area contributed by atoms with E-state index in [1.165, 1.54) is 12.1 Å². The zero-order valence-electron chi connectivity index (χ0n) is 11.6. The fourth-order valence-corrected chi connectivity index (χ4v) is 2.70. The van der Waals surface area contributed by atoms with Crippen molar-refractivity contribution in [2.24, 2.45) is 5.14 Å². The molecule has 0 aromatic heterocycles. The Morgan fingerprint density at radius 3 is 2.70 bits per heavy atom. The summed E-state index contributed by atoms with van der Waals surface area (Å²) in [5.74, 6) is 0. The highest BCUT2D eigenvalue weighted by molar-refractivity contribution is 7.89. The van der Waals surface area contributed by atoms with Gasteiger partial charge in [-0.2, -0.15) is 0 Å². The van der Waals surface area contributed by atoms with Crippen LogP contribution in [0.15, 0.2) is 29.2 Å². The second-order valence-corrected chi connectivity index (χ2v) is 6.40. The molecule has 1 heterocycles. The third-order valence-corrected chi connectivity index (χ3v) is 4.32. The van der Waals surface area contributed by atoms with Crippen molar-refractivity contribution in [1.29, 1.82) is 0 Å². The summed E-state index contributed by atoms with van der Waals surface area (Å²) in [6.45, 7) is 6.52. The molecule has 0 aliphatic carbocycles. The summed E-state index contributed by atoms with van der Waals surface area (Å²) >= 11 is 0. The van der Waals surface area contributed by atoms with E-state index in [1.54, 1.807) is 12.1 Å². The third kappa shape index (κ3) is 4.17. The highest BCUT2D eigenvalue weighted by Gasteiger charge is 2.18. The fourth-order valence-electron chi connectivity index (χ4n) is 2.19. The maximum Gasteiger partial charge on any atom is 0.238 e. The molecule has 1 unspecified atom stereocenters. The van der Waals surface area contributed by atoms with E-state index >= 15 is 0 Å². The van der Waals surface area contributed by atoms with Crippen LogP contribution in [0.2, 0.25) is 0 Å². The van der Waals surface area contributed by atoms with Crippen LogP contribution in [0.25, 0.3) is 0 Å². The number of likely N-dealkylation sites (N-methyl/N-ethyl adjacent to an activating group) is 1. The van der Waals surface area contributed by atoms with Gasteiger partial charge in [-0.05, 0) is 30.8 Å². The maximum atomic E-state index is 11.2. The summed E-state index contributed by atoms with van der Waals surface area (Å²) in [6, 6.07) is 6.41. The van der Waals surface area contributed by atoms with E-state index in [9.17, 15) is 8.42 Å². The van der Waals surface area contributed by atoms with Crippen molar-refractivity contribution >= 4 is 15.7 Å². The van der Waals surface area contributed by atoms with Crippen LogP contribution >= 0.6 is 0 Å². The van der Waals surface area contributed by atoms with Gasteiger partial charge in [-0.1, -0.05) is 6.92 Å². The molecule has 1 fully saturated rings. The van der Waals surface area contributed by atoms with Gasteiger partial charge in [0.1, 0.15) is 0 Å². The number of ether oxygens (including phenoxy) is 1. The van der Waals surface area contributed by atoms with Gasteiger partial charge in [0.05, 0.1) is 17.6 Å². The zero-order chi connectivity index (χ0) is 14.6. The van der Waals surface area contributed by atoms with Crippen LogP contribution in [-0.2, 0) is 14.8 Å². The molecule has 1 aliphatic heterocycles. The van der Waals surface area contributed by atoms with Crippen LogP contribution < -0.4 is 10.5 Å². The Morgan fingerprint density at radius 1 is 1.40 bits per heavy atom. The summed E-state index contributed by atoms with van der Waals surface area (Å²) in [5, 5.41) is 8.30. The van der Waals surface area contributed by atoms with Gasteiger partial charge >= 0.3 is 0 Å². The average Bonchev–Trinajstić information content (AvgIpc) is 2.45. The van der Waals surface area contributed by atoms with Crippen molar-refractivity contribution < 1.29 is 13.2 Å². The number of morpholine rings is 1. The summed E-state index contributed by atoms with van der Waals surface area (Å²) in [5.41, 5.74) is 0.856. The minimum absolute atomic E-state index is 0.120. The molecule has 1 atom stereocenters. The van der Waals surface area contributed by atoms with Crippen LogP contribution in [0.4, 0.5) is 5.69 Å². The Bertz CT molecular complexity index is 530. The largest absolute Gasteiger partial charge is 0.382 e. The molecule has 7 heteroatoms. The number of nitrogens with one attached hydrogen (secondary N) is 1. The van der Waals surface area contributed by atoms with E-state index < -0.39 is 10.0 Å². The van der Waals surface area contributed by atoms with Gasteiger partial charge < -0.3 is 10.1 Å². The van der Waals surface area contributed by atoms with Crippen molar-refractivity contribution in [2.75, 3.05) is 38.1 Å². The predicted octanol–water partition coefficient (Wildman–Crippen LogP) is 0.467. The SMILES string of the molecule is CCN1CCOC(CNc2ccc(S(N)(=O)=O)cc2)C1. The molecule has 2 rings (SSSR count). The second-order valence-electron chi connectivity index (χ2n) is 4.84. The molecule has 1 aromatic carbocycles. The highest BCUT2D eigenvalue weighted by atomic mass is 32.2. The van der Waals surface area contributed by atoms with Gasteiger partial charge in [0.25, 0.3) is 0 Å². The molecule has 1 aromatic rings. The van der Waals surface area contributed by atoms with Gasteiger partial charge in [-0.15, -0.1) is 0 Å². The van der Waals surface area contributed by atoms with Crippen molar-refractivity contribution in [1.82, 2.24) is 4.90 Å². The summed E-state index contributed by atoms with van der Waals surface area (Å²) in [7, 11) is -3.62. The number of hydrogen-bond acceptors (Lipinski definition) is 5. The van der Waals surface area contributed by atoms with Crippen molar-refractivity contribution in [3.8, 4) is 0 Å². The Hall–Kier alpha value is -1.15. The van der Waals surface area contributed by atoms with E-state index in [0.717, 1.165) is 31.9 Å². The number of primary sulfonamides is 1. The highest BCUT2D eigenvalue weighted by Crippen LogP contribution is 2.13. The quantitative estimate of drug-likeness (QED) is 0.825. The van der Waals surface area contributed by atoms with E-state index in [2.05, 4.69) is 17.1 Å². The number of rotatable bonds is 5. The number of anilines is 1. The standard InChI is InChI=1S/C13H21N3O3S/c1-2-16-7-8-19-12(10-16)9-15-11-3-5-13(6-4-11)20(14,17)18/h3-6,12,15H,2,7-10H2,1H3,(H2,14,17,18). The topological polar surface area (TPSA) is 84.7 Å². The summed E-state index contributed by atoms with van der Waals surface area (Å²) in [6.07, 6.45) is 0.154. The lowest BCUT2D eigenvalue weighted by Crippen LogP contribution is -2.45. The first-order chi connectivity index (χ1) is 9.49. The van der Waals surface area contributed by atoms with Gasteiger partial charge in [0.2, 0.25) is 10.0 Å². The smallest absolute Gasteiger partial charge is 0.238 e. The lowest BCUT2D eigenvalue weighted by atomic mass is 10.2. The summed E-state index contributed by atoms with van der Waals surface area (Å²) < 4.78 is 28.0. The first-order valence-electron chi connectivity index (χ1n) is 6.69. The number of sulfonamides is 1. The lowest BCUT2D eigenvalue weighted by molar-refractivity contribution is -0.0191. The maximum absolute atomic E-state index is 11.2. The molecule has 0 amide bonds. The zero-order valence-corrected chi connectivity index (χ0v) is 12.4. The Balaban J connectivity index is 1.88. The molecule has 1 aliphatic rings. The molecule has 112 valence electrons. The average molecular weight is 299 g/mol. The van der Waals surface area contributed by atoms with Crippen LogP contribution in [-0.4, -0.2) is 52.2 Å². The predicted molar refractivity (Wildman–Crippen MR) is 78.2 cm³/mol. The van der Waals surface area contributed by atoms with E-state index in [1.807, 2.05) is 0 Å². The first-order valence-corrected chi connectivity index (χ1v) is 8.24. The van der Waals surface area contributed by atoms with E-state index in [-0.39, 0.29) is 11.0 Å². The minimum atomic E-state index is -3.62. The number of nitrogens with two attached hydrogens (primary N) is 1. The molecule has 1 saturated heterocycles. The number of benzene rings is 1. The Kier molecular flexibility index (Phi) is 4.98. The third-order valence-electron chi connectivity index (χ3n) is 3.39. The van der Waals surface area contributed by atoms with Crippen LogP contribution in [0.5, 0.6) is 0 Å². The van der Waals surface area contributed by atoms with Crippen LogP contribution in [0, 0.1) is 0 Å². The van der Waals surface area contributed by atoms with Gasteiger partial charge in [-0.3, -0.25) is 4.90 Å². The molecular weight excluding hydrogens is 278 g/mol. The van der Waals surface area contributed by atoms with Gasteiger partial charge in [0, 0.05) is 25.3 Å². The molecule has 3 N–H and O–H groups in total. The van der Waals surface area contributed by atoms with E-state index in [4.69, 9.17) is 9.88 Å². The molecule has 0 radical (unpaired) electrons. The Labute approximate surface area is 120 Å². The second kappa shape index (κ2) is 6.53. The van der Waals surface area contributed by atoms with E-state index in [0.29, 0.717) is 6.54 Å². The van der Waals surface area contributed by atoms with Crippen molar-refractivity contribution in [2.45, 2.75) is 17.9 Å².